The first kappa shape index (κ1) is 13.4. The summed E-state index contributed by atoms with van der Waals surface area (Å²) >= 11 is 0. The summed E-state index contributed by atoms with van der Waals surface area (Å²) in [6.07, 6.45) is 3.51. The quantitative estimate of drug-likeness (QED) is 0.890. The number of ether oxygens (including phenoxy) is 1. The van der Waals surface area contributed by atoms with E-state index in [1.165, 1.54) is 12.8 Å². The Kier molecular flexibility index (Phi) is 3.64. The number of rotatable bonds is 5. The molecule has 0 bridgehead atoms. The van der Waals surface area contributed by atoms with Crippen molar-refractivity contribution in [2.75, 3.05) is 6.61 Å². The van der Waals surface area contributed by atoms with Crippen molar-refractivity contribution in [3.63, 3.8) is 0 Å². The van der Waals surface area contributed by atoms with Crippen LogP contribution in [0.15, 0.2) is 17.0 Å². The van der Waals surface area contributed by atoms with E-state index in [2.05, 4.69) is 0 Å². The predicted molar refractivity (Wildman–Crippen MR) is 70.1 cm³/mol. The maximum Gasteiger partial charge on any atom is 0.241 e. The number of hydrogen-bond acceptors (Lipinski definition) is 3. The first-order valence-electron chi connectivity index (χ1n) is 6.15. The van der Waals surface area contributed by atoms with Gasteiger partial charge in [-0.25, -0.2) is 13.6 Å². The van der Waals surface area contributed by atoms with Crippen LogP contribution < -0.4 is 9.88 Å². The molecule has 1 saturated carbocycles. The minimum atomic E-state index is -3.74. The fraction of sp³-hybridized carbons (Fsp3) is 0.538. The van der Waals surface area contributed by atoms with E-state index < -0.39 is 10.0 Å². The number of sulfonamides is 1. The Labute approximate surface area is 108 Å². The molecule has 0 spiro atoms. The van der Waals surface area contributed by atoms with Crippen molar-refractivity contribution in [3.05, 3.63) is 23.3 Å². The van der Waals surface area contributed by atoms with Crippen LogP contribution in [-0.4, -0.2) is 15.0 Å². The van der Waals surface area contributed by atoms with Crippen LogP contribution in [-0.2, 0) is 10.0 Å². The summed E-state index contributed by atoms with van der Waals surface area (Å²) in [5, 5.41) is 5.23. The van der Waals surface area contributed by atoms with Crippen LogP contribution in [0, 0.1) is 19.8 Å². The van der Waals surface area contributed by atoms with Gasteiger partial charge in [0.25, 0.3) is 0 Å². The average Bonchev–Trinajstić information content (AvgIpc) is 3.03. The van der Waals surface area contributed by atoms with Crippen LogP contribution >= 0.6 is 0 Å². The van der Waals surface area contributed by atoms with Gasteiger partial charge < -0.3 is 4.74 Å². The molecule has 0 atom stereocenters. The normalized spacial score (nSPS) is 15.7. The lowest BCUT2D eigenvalue weighted by molar-refractivity contribution is 0.293. The van der Waals surface area contributed by atoms with Gasteiger partial charge in [-0.3, -0.25) is 0 Å². The number of aryl methyl sites for hydroxylation is 2. The van der Waals surface area contributed by atoms with E-state index in [1.807, 2.05) is 19.9 Å². The minimum absolute atomic E-state index is 0.0933. The molecule has 0 radical (unpaired) electrons. The number of nitrogens with two attached hydrogens (primary N) is 1. The molecule has 1 aromatic rings. The lowest BCUT2D eigenvalue weighted by Gasteiger charge is -2.14. The number of primary sulfonamides is 1. The highest BCUT2D eigenvalue weighted by atomic mass is 32.2. The van der Waals surface area contributed by atoms with Crippen molar-refractivity contribution in [1.29, 1.82) is 0 Å². The van der Waals surface area contributed by atoms with Crippen molar-refractivity contribution in [2.45, 2.75) is 38.0 Å². The second kappa shape index (κ2) is 4.90. The third-order valence-electron chi connectivity index (χ3n) is 3.16. The molecule has 1 aliphatic carbocycles. The molecule has 1 aromatic carbocycles. The van der Waals surface area contributed by atoms with Gasteiger partial charge in [0.05, 0.1) is 6.61 Å². The Hall–Kier alpha value is -1.07. The third kappa shape index (κ3) is 3.23. The van der Waals surface area contributed by atoms with Crippen LogP contribution in [0.25, 0.3) is 0 Å². The number of hydrogen-bond donors (Lipinski definition) is 1. The lowest BCUT2D eigenvalue weighted by Crippen LogP contribution is -2.15. The van der Waals surface area contributed by atoms with Gasteiger partial charge >= 0.3 is 0 Å². The van der Waals surface area contributed by atoms with Crippen LogP contribution in [0.1, 0.15) is 30.4 Å². The molecule has 2 rings (SSSR count). The monoisotopic (exact) mass is 269 g/mol. The molecule has 0 amide bonds. The largest absolute Gasteiger partial charge is 0.492 e. The van der Waals surface area contributed by atoms with Crippen LogP contribution in [0.3, 0.4) is 0 Å². The summed E-state index contributed by atoms with van der Waals surface area (Å²) in [6.45, 7) is 4.24. The van der Waals surface area contributed by atoms with Gasteiger partial charge in [-0.1, -0.05) is 18.9 Å². The van der Waals surface area contributed by atoms with Gasteiger partial charge in [0.2, 0.25) is 10.0 Å². The van der Waals surface area contributed by atoms with Gasteiger partial charge in [0.15, 0.2) is 0 Å². The van der Waals surface area contributed by atoms with Crippen LogP contribution in [0.4, 0.5) is 0 Å². The fourth-order valence-corrected chi connectivity index (χ4v) is 2.87. The van der Waals surface area contributed by atoms with Gasteiger partial charge in [-0.2, -0.15) is 0 Å². The van der Waals surface area contributed by atoms with Crippen molar-refractivity contribution in [3.8, 4) is 5.75 Å². The molecular weight excluding hydrogens is 250 g/mol. The van der Waals surface area contributed by atoms with Gasteiger partial charge in [-0.05, 0) is 43.4 Å². The Morgan fingerprint density at radius 1 is 1.33 bits per heavy atom. The predicted octanol–water partition coefficient (Wildman–Crippen LogP) is 2.13. The SMILES string of the molecule is Cc1cc(C)c(OCCC2CC2)c(S(N)(=O)=O)c1. The Morgan fingerprint density at radius 2 is 2.00 bits per heavy atom. The lowest BCUT2D eigenvalue weighted by atomic mass is 10.1. The van der Waals surface area contributed by atoms with Crippen molar-refractivity contribution in [1.82, 2.24) is 0 Å². The third-order valence-corrected chi connectivity index (χ3v) is 4.08. The van der Waals surface area contributed by atoms with E-state index in [0.717, 1.165) is 23.5 Å². The zero-order chi connectivity index (χ0) is 13.3. The topological polar surface area (TPSA) is 69.4 Å². The minimum Gasteiger partial charge on any atom is -0.492 e. The van der Waals surface area contributed by atoms with Gasteiger partial charge in [0, 0.05) is 0 Å². The summed E-state index contributed by atoms with van der Waals surface area (Å²) in [5.41, 5.74) is 1.68. The average molecular weight is 269 g/mol. The molecule has 0 unspecified atom stereocenters. The van der Waals surface area contributed by atoms with Crippen molar-refractivity contribution in [2.24, 2.45) is 11.1 Å². The first-order valence-corrected chi connectivity index (χ1v) is 7.69. The first-order chi connectivity index (χ1) is 8.38. The maximum absolute atomic E-state index is 11.6. The second-order valence-corrected chi connectivity index (χ2v) is 6.56. The van der Waals surface area contributed by atoms with Crippen molar-refractivity contribution >= 4 is 10.0 Å². The molecule has 2 N–H and O–H groups in total. The molecule has 0 aliphatic heterocycles. The zero-order valence-electron chi connectivity index (χ0n) is 10.8. The summed E-state index contributed by atoms with van der Waals surface area (Å²) in [6, 6.07) is 3.47. The molecule has 5 heteroatoms. The van der Waals surface area contributed by atoms with E-state index in [0.29, 0.717) is 12.4 Å². The summed E-state index contributed by atoms with van der Waals surface area (Å²) in [5.74, 6) is 1.16. The van der Waals surface area contributed by atoms with Gasteiger partial charge in [-0.15, -0.1) is 0 Å². The smallest absolute Gasteiger partial charge is 0.241 e. The highest BCUT2D eigenvalue weighted by Gasteiger charge is 2.22. The molecule has 4 nitrogen and oxygen atoms in total. The molecule has 0 saturated heterocycles. The second-order valence-electron chi connectivity index (χ2n) is 5.03. The standard InChI is InChI=1S/C13H19NO3S/c1-9-7-10(2)13(12(8-9)18(14,15)16)17-6-5-11-3-4-11/h7-8,11H,3-6H2,1-2H3,(H2,14,15,16). The van der Waals surface area contributed by atoms with E-state index in [4.69, 9.17) is 9.88 Å². The molecule has 1 fully saturated rings. The fourth-order valence-electron chi connectivity index (χ4n) is 2.05. The molecule has 1 aliphatic rings. The highest BCUT2D eigenvalue weighted by molar-refractivity contribution is 7.89. The molecule has 100 valence electrons. The Morgan fingerprint density at radius 3 is 2.56 bits per heavy atom. The maximum atomic E-state index is 11.6. The Balaban J connectivity index is 2.25. The molecular formula is C13H19NO3S. The van der Waals surface area contributed by atoms with Crippen LogP contribution in [0.2, 0.25) is 0 Å². The molecule has 0 aromatic heterocycles. The summed E-state index contributed by atoms with van der Waals surface area (Å²) in [4.78, 5) is 0.0933. The van der Waals surface area contributed by atoms with Crippen LogP contribution in [0.5, 0.6) is 5.75 Å². The Bertz CT molecular complexity index is 548. The van der Waals surface area contributed by atoms with E-state index in [-0.39, 0.29) is 4.90 Å². The van der Waals surface area contributed by atoms with Crippen molar-refractivity contribution < 1.29 is 13.2 Å². The van der Waals surface area contributed by atoms with Gasteiger partial charge in [0.1, 0.15) is 10.6 Å². The van der Waals surface area contributed by atoms with E-state index in [9.17, 15) is 8.42 Å². The summed E-state index contributed by atoms with van der Waals surface area (Å²) < 4.78 is 28.8. The van der Waals surface area contributed by atoms with E-state index >= 15 is 0 Å². The number of benzene rings is 1. The molecule has 0 heterocycles. The molecule has 18 heavy (non-hydrogen) atoms. The highest BCUT2D eigenvalue weighted by Crippen LogP contribution is 2.33. The van der Waals surface area contributed by atoms with E-state index in [1.54, 1.807) is 6.07 Å². The summed E-state index contributed by atoms with van der Waals surface area (Å²) in [7, 11) is -3.74. The zero-order valence-corrected chi connectivity index (χ0v) is 11.6.